The van der Waals surface area contributed by atoms with Gasteiger partial charge in [0.15, 0.2) is 5.69 Å². The molecule has 0 spiro atoms. The number of benzene rings is 1. The third-order valence-electron chi connectivity index (χ3n) is 5.88. The number of hydrogen-bond donors (Lipinski definition) is 1. The minimum atomic E-state index is -0.107. The van der Waals surface area contributed by atoms with Gasteiger partial charge in [-0.3, -0.25) is 9.59 Å². The summed E-state index contributed by atoms with van der Waals surface area (Å²) in [5.74, 6) is -0.0822. The van der Waals surface area contributed by atoms with Gasteiger partial charge < -0.3 is 15.1 Å². The van der Waals surface area contributed by atoms with Gasteiger partial charge in [0, 0.05) is 31.7 Å². The summed E-state index contributed by atoms with van der Waals surface area (Å²) in [4.78, 5) is 29.1. The van der Waals surface area contributed by atoms with Crippen molar-refractivity contribution >= 4 is 24.2 Å². The summed E-state index contributed by atoms with van der Waals surface area (Å²) in [6.07, 6.45) is 4.72. The van der Waals surface area contributed by atoms with Crippen molar-refractivity contribution in [2.45, 2.75) is 32.2 Å². The largest absolute Gasteiger partial charge is 0.335 e. The zero-order chi connectivity index (χ0) is 20.2. The van der Waals surface area contributed by atoms with E-state index in [1.807, 2.05) is 33.8 Å². The van der Waals surface area contributed by atoms with Crippen LogP contribution >= 0.6 is 12.4 Å². The predicted octanol–water partition coefficient (Wildman–Crippen LogP) is 1.78. The molecule has 1 aromatic heterocycles. The molecule has 0 aliphatic carbocycles. The zero-order valence-corrected chi connectivity index (χ0v) is 18.1. The first-order valence-electron chi connectivity index (χ1n) is 10.5. The Balaban J connectivity index is 0.00000256. The van der Waals surface area contributed by atoms with Crippen molar-refractivity contribution in [2.24, 2.45) is 0 Å². The topological polar surface area (TPSA) is 83.4 Å². The highest BCUT2D eigenvalue weighted by molar-refractivity contribution is 5.95. The Labute approximate surface area is 183 Å². The number of nitrogens with zero attached hydrogens (tertiary/aromatic N) is 5. The highest BCUT2D eigenvalue weighted by Gasteiger charge is 2.27. The molecule has 9 heteroatoms. The first kappa shape index (κ1) is 22.2. The summed E-state index contributed by atoms with van der Waals surface area (Å²) in [6, 6.07) is 8.08. The fourth-order valence-electron chi connectivity index (χ4n) is 3.96. The molecule has 162 valence electrons. The van der Waals surface area contributed by atoms with E-state index in [9.17, 15) is 9.59 Å². The van der Waals surface area contributed by atoms with Crippen LogP contribution in [-0.4, -0.2) is 75.9 Å². The van der Waals surface area contributed by atoms with Crippen LogP contribution in [0.2, 0.25) is 0 Å². The smallest absolute Gasteiger partial charge is 0.276 e. The van der Waals surface area contributed by atoms with E-state index in [0.29, 0.717) is 43.5 Å². The van der Waals surface area contributed by atoms with E-state index in [2.05, 4.69) is 22.6 Å². The normalized spacial score (nSPS) is 17.5. The molecule has 8 nitrogen and oxygen atoms in total. The number of halogens is 1. The van der Waals surface area contributed by atoms with E-state index < -0.39 is 0 Å². The lowest BCUT2D eigenvalue weighted by Crippen LogP contribution is -2.50. The molecule has 2 fully saturated rings. The van der Waals surface area contributed by atoms with Crippen LogP contribution in [0.3, 0.4) is 0 Å². The van der Waals surface area contributed by atoms with Gasteiger partial charge in [-0.25, -0.2) is 4.68 Å². The summed E-state index contributed by atoms with van der Waals surface area (Å²) in [6.45, 7) is 6.11. The van der Waals surface area contributed by atoms with Crippen molar-refractivity contribution in [2.75, 3.05) is 39.3 Å². The van der Waals surface area contributed by atoms with Crippen molar-refractivity contribution in [3.63, 3.8) is 0 Å². The number of aryl methyl sites for hydroxylation is 1. The third-order valence-corrected chi connectivity index (χ3v) is 5.88. The number of nitrogens with one attached hydrogen (secondary N) is 1. The summed E-state index contributed by atoms with van der Waals surface area (Å²) in [5.41, 5.74) is 2.31. The number of amides is 2. The molecular weight excluding hydrogens is 404 g/mol. The van der Waals surface area contributed by atoms with Crippen LogP contribution in [0.5, 0.6) is 0 Å². The Morgan fingerprint density at radius 1 is 1.00 bits per heavy atom. The van der Waals surface area contributed by atoms with Crippen molar-refractivity contribution in [3.8, 4) is 0 Å². The Kier molecular flexibility index (Phi) is 7.44. The summed E-state index contributed by atoms with van der Waals surface area (Å²) < 4.78 is 1.83. The van der Waals surface area contributed by atoms with Crippen molar-refractivity contribution < 1.29 is 9.59 Å². The molecule has 0 saturated carbocycles. The van der Waals surface area contributed by atoms with Crippen molar-refractivity contribution in [3.05, 3.63) is 47.3 Å². The number of aromatic nitrogens is 3. The molecule has 1 aromatic carbocycles. The highest BCUT2D eigenvalue weighted by Crippen LogP contribution is 2.18. The number of carbonyl (C=O) groups excluding carboxylic acids is 2. The molecule has 30 heavy (non-hydrogen) atoms. The van der Waals surface area contributed by atoms with E-state index in [1.54, 1.807) is 11.1 Å². The zero-order valence-electron chi connectivity index (χ0n) is 17.3. The fraction of sp³-hybridized carbons (Fsp3) is 0.524. The first-order valence-corrected chi connectivity index (χ1v) is 10.5. The van der Waals surface area contributed by atoms with Gasteiger partial charge in [0.05, 0.1) is 12.2 Å². The second-order valence-corrected chi connectivity index (χ2v) is 7.70. The van der Waals surface area contributed by atoms with E-state index in [0.717, 1.165) is 32.4 Å². The number of rotatable bonds is 4. The van der Waals surface area contributed by atoms with E-state index in [1.165, 1.54) is 5.56 Å². The average molecular weight is 433 g/mol. The van der Waals surface area contributed by atoms with E-state index >= 15 is 0 Å². The Bertz CT molecular complexity index is 855. The third kappa shape index (κ3) is 4.82. The Morgan fingerprint density at radius 2 is 1.60 bits per heavy atom. The first-order chi connectivity index (χ1) is 14.2. The SMILES string of the molecule is CCc1ccc(C(=O)N2CCN(C(=O)c3cn(C4CCNCC4)nn3)CC2)cc1.Cl. The summed E-state index contributed by atoms with van der Waals surface area (Å²) in [5, 5.41) is 11.6. The van der Waals surface area contributed by atoms with Crippen LogP contribution < -0.4 is 5.32 Å². The molecule has 2 aromatic rings. The van der Waals surface area contributed by atoms with Crippen molar-refractivity contribution in [1.82, 2.24) is 30.1 Å². The van der Waals surface area contributed by atoms with Gasteiger partial charge in [-0.05, 0) is 50.0 Å². The van der Waals surface area contributed by atoms with Gasteiger partial charge in [-0.15, -0.1) is 17.5 Å². The molecule has 0 radical (unpaired) electrons. The maximum atomic E-state index is 12.8. The van der Waals surface area contributed by atoms with Crippen LogP contribution in [-0.2, 0) is 6.42 Å². The molecule has 4 rings (SSSR count). The molecule has 1 N–H and O–H groups in total. The number of piperazine rings is 1. The lowest BCUT2D eigenvalue weighted by atomic mass is 10.1. The highest BCUT2D eigenvalue weighted by atomic mass is 35.5. The van der Waals surface area contributed by atoms with Crippen molar-refractivity contribution in [1.29, 1.82) is 0 Å². The number of piperidine rings is 1. The fourth-order valence-corrected chi connectivity index (χ4v) is 3.96. The molecule has 2 aliphatic rings. The molecule has 2 aliphatic heterocycles. The maximum absolute atomic E-state index is 12.8. The quantitative estimate of drug-likeness (QED) is 0.796. The molecule has 0 atom stereocenters. The number of carbonyl (C=O) groups is 2. The van der Waals surface area contributed by atoms with Gasteiger partial charge in [0.25, 0.3) is 11.8 Å². The molecule has 2 amide bonds. The molecule has 0 bridgehead atoms. The Hall–Kier alpha value is -2.45. The van der Waals surface area contributed by atoms with E-state index in [-0.39, 0.29) is 24.2 Å². The number of hydrogen-bond acceptors (Lipinski definition) is 5. The Morgan fingerprint density at radius 3 is 2.20 bits per heavy atom. The molecule has 0 unspecified atom stereocenters. The van der Waals surface area contributed by atoms with Crippen LogP contribution in [0.1, 0.15) is 52.2 Å². The van der Waals surface area contributed by atoms with Gasteiger partial charge in [-0.1, -0.05) is 24.3 Å². The van der Waals surface area contributed by atoms with Gasteiger partial charge >= 0.3 is 0 Å². The van der Waals surface area contributed by atoms with Crippen LogP contribution in [0.4, 0.5) is 0 Å². The molecule has 2 saturated heterocycles. The lowest BCUT2D eigenvalue weighted by molar-refractivity contribution is 0.0532. The standard InChI is InChI=1S/C21H28N6O2.ClH/c1-2-16-3-5-17(6-4-16)20(28)25-11-13-26(14-12-25)21(29)19-15-27(24-23-19)18-7-9-22-10-8-18;/h3-6,15,18,22H,2,7-14H2,1H3;1H. The predicted molar refractivity (Wildman–Crippen MR) is 116 cm³/mol. The average Bonchev–Trinajstić information content (AvgIpc) is 3.29. The molecule has 3 heterocycles. The van der Waals surface area contributed by atoms with Gasteiger partial charge in [0.1, 0.15) is 0 Å². The minimum Gasteiger partial charge on any atom is -0.335 e. The van der Waals surface area contributed by atoms with Gasteiger partial charge in [-0.2, -0.15) is 0 Å². The maximum Gasteiger partial charge on any atom is 0.276 e. The van der Waals surface area contributed by atoms with E-state index in [4.69, 9.17) is 0 Å². The van der Waals surface area contributed by atoms with Crippen LogP contribution in [0.15, 0.2) is 30.5 Å². The molecular formula is C21H29ClN6O2. The van der Waals surface area contributed by atoms with Crippen LogP contribution in [0, 0.1) is 0 Å². The minimum absolute atomic E-state index is 0. The lowest BCUT2D eigenvalue weighted by Gasteiger charge is -2.34. The van der Waals surface area contributed by atoms with Gasteiger partial charge in [0.2, 0.25) is 0 Å². The second kappa shape index (κ2) is 10.0. The second-order valence-electron chi connectivity index (χ2n) is 7.70. The summed E-state index contributed by atoms with van der Waals surface area (Å²) in [7, 11) is 0. The summed E-state index contributed by atoms with van der Waals surface area (Å²) >= 11 is 0. The van der Waals surface area contributed by atoms with Crippen LogP contribution in [0.25, 0.3) is 0 Å². The monoisotopic (exact) mass is 432 g/mol.